The molecule has 0 aliphatic carbocycles. The number of carbonyl (C=O) groups is 1. The van der Waals surface area contributed by atoms with Gasteiger partial charge in [0.25, 0.3) is 0 Å². The first-order valence-electron chi connectivity index (χ1n) is 8.56. The van der Waals surface area contributed by atoms with Crippen LogP contribution in [0.5, 0.6) is 5.75 Å². The fourth-order valence-electron chi connectivity index (χ4n) is 2.55. The van der Waals surface area contributed by atoms with E-state index >= 15 is 0 Å². The second-order valence-electron chi connectivity index (χ2n) is 5.89. The van der Waals surface area contributed by atoms with Crippen LogP contribution in [0.1, 0.15) is 19.8 Å². The van der Waals surface area contributed by atoms with Crippen LogP contribution in [0, 0.1) is 0 Å². The summed E-state index contributed by atoms with van der Waals surface area (Å²) in [5.74, 6) is 0.305. The number of carbonyl (C=O) groups excluding carboxylic acids is 1. The van der Waals surface area contributed by atoms with Gasteiger partial charge in [0.2, 0.25) is 15.9 Å². The topological polar surface area (TPSA) is 75.7 Å². The van der Waals surface area contributed by atoms with Crippen molar-refractivity contribution < 1.29 is 17.9 Å². The number of sulfonamides is 1. The van der Waals surface area contributed by atoms with Gasteiger partial charge < -0.3 is 10.1 Å². The molecule has 27 heavy (non-hydrogen) atoms. The number of para-hydroxylation sites is 2. The zero-order valence-electron chi connectivity index (χ0n) is 15.3. The largest absolute Gasteiger partial charge is 0.492 e. The van der Waals surface area contributed by atoms with E-state index in [0.717, 1.165) is 6.26 Å². The lowest BCUT2D eigenvalue weighted by molar-refractivity contribution is -0.116. The van der Waals surface area contributed by atoms with Crippen molar-refractivity contribution in [1.82, 2.24) is 0 Å². The van der Waals surface area contributed by atoms with Crippen LogP contribution < -0.4 is 14.4 Å². The quantitative estimate of drug-likeness (QED) is 0.679. The molecule has 0 saturated carbocycles. The molecule has 0 unspecified atom stereocenters. The van der Waals surface area contributed by atoms with Gasteiger partial charge in [-0.3, -0.25) is 9.10 Å². The zero-order chi connectivity index (χ0) is 19.9. The second-order valence-corrected chi connectivity index (χ2v) is 8.24. The van der Waals surface area contributed by atoms with Crippen LogP contribution in [0.3, 0.4) is 0 Å². The molecule has 2 aromatic rings. The fraction of sp³-hybridized carbons (Fsp3) is 0.316. The summed E-state index contributed by atoms with van der Waals surface area (Å²) in [5.41, 5.74) is 1.12. The van der Waals surface area contributed by atoms with Crippen molar-refractivity contribution >= 4 is 38.9 Å². The molecule has 2 aromatic carbocycles. The molecule has 0 radical (unpaired) electrons. The van der Waals surface area contributed by atoms with E-state index in [4.69, 9.17) is 16.3 Å². The molecule has 0 saturated heterocycles. The number of anilines is 2. The van der Waals surface area contributed by atoms with Gasteiger partial charge in [-0.2, -0.15) is 0 Å². The number of hydrogen-bond donors (Lipinski definition) is 1. The van der Waals surface area contributed by atoms with Gasteiger partial charge in [0.15, 0.2) is 0 Å². The monoisotopic (exact) mass is 410 g/mol. The van der Waals surface area contributed by atoms with Gasteiger partial charge >= 0.3 is 0 Å². The third-order valence-electron chi connectivity index (χ3n) is 3.73. The SMILES string of the molecule is CCOc1ccccc1N(CCCC(=O)Nc1ccc(Cl)cc1)S(C)(=O)=O. The third kappa shape index (κ3) is 6.45. The van der Waals surface area contributed by atoms with Gasteiger partial charge in [0.05, 0.1) is 18.6 Å². The third-order valence-corrected chi connectivity index (χ3v) is 5.16. The summed E-state index contributed by atoms with van der Waals surface area (Å²) in [6.07, 6.45) is 1.70. The summed E-state index contributed by atoms with van der Waals surface area (Å²) in [4.78, 5) is 12.1. The summed E-state index contributed by atoms with van der Waals surface area (Å²) >= 11 is 5.82. The Morgan fingerprint density at radius 1 is 1.15 bits per heavy atom. The minimum atomic E-state index is -3.51. The standard InChI is InChI=1S/C19H23ClN2O4S/c1-3-26-18-8-5-4-7-17(18)22(27(2,24)25)14-6-9-19(23)21-16-12-10-15(20)11-13-16/h4-5,7-8,10-13H,3,6,9,14H2,1-2H3,(H,21,23). The number of hydrogen-bond acceptors (Lipinski definition) is 4. The minimum Gasteiger partial charge on any atom is -0.492 e. The predicted molar refractivity (Wildman–Crippen MR) is 109 cm³/mol. The number of ether oxygens (including phenoxy) is 1. The van der Waals surface area contributed by atoms with Gasteiger partial charge in [-0.15, -0.1) is 0 Å². The number of rotatable bonds is 9. The first kappa shape index (κ1) is 21.1. The molecule has 1 amide bonds. The molecule has 0 bridgehead atoms. The van der Waals surface area contributed by atoms with Crippen LogP contribution in [0.4, 0.5) is 11.4 Å². The van der Waals surface area contributed by atoms with Gasteiger partial charge in [0.1, 0.15) is 5.75 Å². The van der Waals surface area contributed by atoms with Crippen molar-refractivity contribution in [3.63, 3.8) is 0 Å². The molecule has 0 atom stereocenters. The van der Waals surface area contributed by atoms with Gasteiger partial charge in [0, 0.05) is 23.7 Å². The van der Waals surface area contributed by atoms with Crippen LogP contribution in [-0.2, 0) is 14.8 Å². The number of benzene rings is 2. The molecule has 0 spiro atoms. The Balaban J connectivity index is 2.01. The second kappa shape index (κ2) is 9.62. The highest BCUT2D eigenvalue weighted by atomic mass is 35.5. The molecule has 8 heteroatoms. The molecule has 0 heterocycles. The normalized spacial score (nSPS) is 11.1. The van der Waals surface area contributed by atoms with Gasteiger partial charge in [-0.1, -0.05) is 23.7 Å². The Kier molecular flexibility index (Phi) is 7.50. The van der Waals surface area contributed by atoms with E-state index in [1.54, 1.807) is 48.5 Å². The minimum absolute atomic E-state index is 0.178. The van der Waals surface area contributed by atoms with Crippen molar-refractivity contribution in [3.8, 4) is 5.75 Å². The van der Waals surface area contributed by atoms with Crippen molar-refractivity contribution in [2.24, 2.45) is 0 Å². The first-order valence-corrected chi connectivity index (χ1v) is 10.8. The van der Waals surface area contributed by atoms with Crippen LogP contribution in [0.15, 0.2) is 48.5 Å². The summed E-state index contributed by atoms with van der Waals surface area (Å²) in [6, 6.07) is 13.8. The van der Waals surface area contributed by atoms with Gasteiger partial charge in [-0.25, -0.2) is 8.42 Å². The van der Waals surface area contributed by atoms with Crippen LogP contribution >= 0.6 is 11.6 Å². The summed E-state index contributed by atoms with van der Waals surface area (Å²) in [7, 11) is -3.51. The number of halogens is 1. The smallest absolute Gasteiger partial charge is 0.232 e. The Labute approximate surface area is 165 Å². The van der Waals surface area contributed by atoms with E-state index in [-0.39, 0.29) is 18.9 Å². The van der Waals surface area contributed by atoms with Crippen LogP contribution in [0.25, 0.3) is 0 Å². The molecule has 2 rings (SSSR count). The molecular formula is C19H23ClN2O4S. The molecule has 1 N–H and O–H groups in total. The maximum absolute atomic E-state index is 12.2. The molecule has 6 nitrogen and oxygen atoms in total. The van der Waals surface area contributed by atoms with E-state index in [1.807, 2.05) is 6.92 Å². The summed E-state index contributed by atoms with van der Waals surface area (Å²) < 4.78 is 31.3. The van der Waals surface area contributed by atoms with Gasteiger partial charge in [-0.05, 0) is 49.7 Å². The molecule has 0 aliphatic heterocycles. The highest BCUT2D eigenvalue weighted by Crippen LogP contribution is 2.30. The molecule has 0 fully saturated rings. The van der Waals surface area contributed by atoms with Crippen molar-refractivity contribution in [3.05, 3.63) is 53.6 Å². The fourth-order valence-corrected chi connectivity index (χ4v) is 3.64. The molecule has 0 aliphatic rings. The summed E-state index contributed by atoms with van der Waals surface area (Å²) in [5, 5.41) is 3.35. The Hall–Kier alpha value is -2.25. The van der Waals surface area contributed by atoms with E-state index in [9.17, 15) is 13.2 Å². The average molecular weight is 411 g/mol. The highest BCUT2D eigenvalue weighted by molar-refractivity contribution is 7.92. The zero-order valence-corrected chi connectivity index (χ0v) is 16.9. The van der Waals surface area contributed by atoms with Crippen molar-refractivity contribution in [1.29, 1.82) is 0 Å². The summed E-state index contributed by atoms with van der Waals surface area (Å²) in [6.45, 7) is 2.44. The Bertz CT molecular complexity index is 870. The molecule has 146 valence electrons. The number of nitrogens with one attached hydrogen (secondary N) is 1. The van der Waals surface area contributed by atoms with E-state index in [0.29, 0.717) is 35.2 Å². The lowest BCUT2D eigenvalue weighted by Gasteiger charge is -2.24. The number of nitrogens with zero attached hydrogens (tertiary/aromatic N) is 1. The van der Waals surface area contributed by atoms with E-state index < -0.39 is 10.0 Å². The number of amides is 1. The maximum Gasteiger partial charge on any atom is 0.232 e. The van der Waals surface area contributed by atoms with E-state index in [2.05, 4.69) is 5.32 Å². The van der Waals surface area contributed by atoms with Crippen molar-refractivity contribution in [2.75, 3.05) is 29.0 Å². The van der Waals surface area contributed by atoms with Crippen molar-refractivity contribution in [2.45, 2.75) is 19.8 Å². The van der Waals surface area contributed by atoms with Crippen LogP contribution in [0.2, 0.25) is 5.02 Å². The predicted octanol–water partition coefficient (Wildman–Crippen LogP) is 3.92. The average Bonchev–Trinajstić information content (AvgIpc) is 2.61. The van der Waals surface area contributed by atoms with E-state index in [1.165, 1.54) is 4.31 Å². The molecule has 0 aromatic heterocycles. The van der Waals surface area contributed by atoms with Crippen LogP contribution in [-0.4, -0.2) is 33.7 Å². The Morgan fingerprint density at radius 3 is 2.44 bits per heavy atom. The maximum atomic E-state index is 12.2. The highest BCUT2D eigenvalue weighted by Gasteiger charge is 2.21. The lowest BCUT2D eigenvalue weighted by atomic mass is 10.2. The molecular weight excluding hydrogens is 388 g/mol. The lowest BCUT2D eigenvalue weighted by Crippen LogP contribution is -2.31. The first-order chi connectivity index (χ1) is 12.8. The Morgan fingerprint density at radius 2 is 1.81 bits per heavy atom.